The van der Waals surface area contributed by atoms with Crippen LogP contribution in [0.5, 0.6) is 0 Å². The first-order chi connectivity index (χ1) is 12.5. The maximum absolute atomic E-state index is 12.6. The molecule has 0 fully saturated rings. The quantitative estimate of drug-likeness (QED) is 0.640. The third kappa shape index (κ3) is 3.85. The van der Waals surface area contributed by atoms with E-state index < -0.39 is 5.97 Å². The number of benzene rings is 1. The van der Waals surface area contributed by atoms with E-state index in [1.54, 1.807) is 26.0 Å². The summed E-state index contributed by atoms with van der Waals surface area (Å²) >= 11 is 5.87. The fourth-order valence-electron chi connectivity index (χ4n) is 2.48. The smallest absolute Gasteiger partial charge is 0.310 e. The van der Waals surface area contributed by atoms with E-state index in [0.717, 1.165) is 5.56 Å². The van der Waals surface area contributed by atoms with Gasteiger partial charge in [-0.1, -0.05) is 23.7 Å². The van der Waals surface area contributed by atoms with Crippen LogP contribution in [0.15, 0.2) is 29.1 Å². The molecular formula is C17H18ClN5O3. The number of aromatic nitrogens is 4. The molecule has 9 heteroatoms. The highest BCUT2D eigenvalue weighted by Crippen LogP contribution is 2.11. The van der Waals surface area contributed by atoms with Gasteiger partial charge in [0.15, 0.2) is 0 Å². The van der Waals surface area contributed by atoms with Crippen LogP contribution in [0.4, 0.5) is 5.95 Å². The Morgan fingerprint density at radius 2 is 2.04 bits per heavy atom. The van der Waals surface area contributed by atoms with E-state index in [1.807, 2.05) is 12.1 Å². The number of carbonyl (C=O) groups excluding carboxylic acids is 1. The standard InChI is InChI=1S/C17H18ClN5O3/c1-3-26-14(24)8-13-10(2)20-17-21-16(22-23(17)15(13)25)19-9-11-4-6-12(18)7-5-11/h4-7H,3,8-9H2,1-2H3,(H2,19,20,21,22). The summed E-state index contributed by atoms with van der Waals surface area (Å²) in [5.74, 6) is 0.172. The summed E-state index contributed by atoms with van der Waals surface area (Å²) in [7, 11) is 0. The number of nitrogens with zero attached hydrogens (tertiary/aromatic N) is 3. The molecule has 0 radical (unpaired) electrons. The number of nitrogens with one attached hydrogen (secondary N) is 2. The van der Waals surface area contributed by atoms with Gasteiger partial charge in [-0.05, 0) is 31.5 Å². The van der Waals surface area contributed by atoms with Gasteiger partial charge in [0.25, 0.3) is 11.3 Å². The molecule has 26 heavy (non-hydrogen) atoms. The van der Waals surface area contributed by atoms with Crippen LogP contribution >= 0.6 is 11.6 Å². The van der Waals surface area contributed by atoms with E-state index in [9.17, 15) is 9.59 Å². The largest absolute Gasteiger partial charge is 0.466 e. The lowest BCUT2D eigenvalue weighted by Gasteiger charge is -2.04. The number of ether oxygens (including phenoxy) is 1. The van der Waals surface area contributed by atoms with E-state index in [0.29, 0.717) is 23.2 Å². The lowest BCUT2D eigenvalue weighted by Crippen LogP contribution is -2.25. The molecule has 3 aromatic rings. The van der Waals surface area contributed by atoms with Crippen molar-refractivity contribution >= 4 is 29.3 Å². The SMILES string of the molecule is CCOC(=O)Cc1c(C)nc2nc(NCc3ccc(Cl)cc3)[nH]n2c1=O. The van der Waals surface area contributed by atoms with Gasteiger partial charge >= 0.3 is 5.97 Å². The van der Waals surface area contributed by atoms with Crippen LogP contribution in [-0.4, -0.2) is 32.2 Å². The van der Waals surface area contributed by atoms with Crippen molar-refractivity contribution in [2.24, 2.45) is 0 Å². The monoisotopic (exact) mass is 375 g/mol. The second kappa shape index (κ2) is 7.57. The van der Waals surface area contributed by atoms with E-state index >= 15 is 0 Å². The Bertz CT molecular complexity index is 994. The topological polar surface area (TPSA) is 101 Å². The van der Waals surface area contributed by atoms with Gasteiger partial charge in [0.2, 0.25) is 5.95 Å². The van der Waals surface area contributed by atoms with Gasteiger partial charge in [-0.25, -0.2) is 4.98 Å². The number of esters is 1. The summed E-state index contributed by atoms with van der Waals surface area (Å²) in [5, 5.41) is 6.62. The fourth-order valence-corrected chi connectivity index (χ4v) is 2.61. The zero-order valence-electron chi connectivity index (χ0n) is 14.4. The Hall–Kier alpha value is -2.87. The van der Waals surface area contributed by atoms with E-state index in [4.69, 9.17) is 16.3 Å². The first-order valence-electron chi connectivity index (χ1n) is 8.10. The average molecular weight is 376 g/mol. The molecule has 0 bridgehead atoms. The molecule has 0 aliphatic rings. The summed E-state index contributed by atoms with van der Waals surface area (Å²) in [6, 6.07) is 7.39. The second-order valence-corrected chi connectivity index (χ2v) is 6.09. The molecule has 0 amide bonds. The maximum atomic E-state index is 12.6. The third-order valence-electron chi connectivity index (χ3n) is 3.79. The zero-order valence-corrected chi connectivity index (χ0v) is 15.1. The predicted octanol–water partition coefficient (Wildman–Crippen LogP) is 2.10. The Morgan fingerprint density at radius 1 is 1.31 bits per heavy atom. The predicted molar refractivity (Wildman–Crippen MR) is 97.5 cm³/mol. The van der Waals surface area contributed by atoms with Gasteiger partial charge in [0.1, 0.15) is 0 Å². The minimum absolute atomic E-state index is 0.124. The average Bonchev–Trinajstić information content (AvgIpc) is 3.01. The Morgan fingerprint density at radius 3 is 2.73 bits per heavy atom. The van der Waals surface area contributed by atoms with Crippen LogP contribution < -0.4 is 10.9 Å². The van der Waals surface area contributed by atoms with Crippen LogP contribution in [0.25, 0.3) is 5.78 Å². The van der Waals surface area contributed by atoms with Crippen molar-refractivity contribution < 1.29 is 9.53 Å². The molecule has 136 valence electrons. The van der Waals surface area contributed by atoms with Crippen molar-refractivity contribution in [3.63, 3.8) is 0 Å². The molecule has 0 atom stereocenters. The fraction of sp³-hybridized carbons (Fsp3) is 0.294. The number of halogens is 1. The zero-order chi connectivity index (χ0) is 18.7. The van der Waals surface area contributed by atoms with E-state index in [1.165, 1.54) is 4.52 Å². The Labute approximate surface area is 154 Å². The summed E-state index contributed by atoms with van der Waals surface area (Å²) in [4.78, 5) is 32.9. The molecule has 0 spiro atoms. The molecule has 2 N–H and O–H groups in total. The number of aromatic amines is 1. The number of fused-ring (bicyclic) bond motifs is 1. The number of anilines is 1. The first kappa shape index (κ1) is 17.9. The molecule has 0 saturated heterocycles. The number of H-pyrrole nitrogens is 1. The second-order valence-electron chi connectivity index (χ2n) is 5.65. The third-order valence-corrected chi connectivity index (χ3v) is 4.05. The lowest BCUT2D eigenvalue weighted by molar-refractivity contribution is -0.142. The number of rotatable bonds is 6. The normalized spacial score (nSPS) is 10.9. The van der Waals surface area contributed by atoms with Gasteiger partial charge in [-0.15, -0.1) is 0 Å². The van der Waals surface area contributed by atoms with Crippen molar-refractivity contribution in [3.05, 3.63) is 56.5 Å². The molecule has 0 aliphatic heterocycles. The van der Waals surface area contributed by atoms with Gasteiger partial charge in [-0.2, -0.15) is 9.50 Å². The number of aryl methyl sites for hydroxylation is 1. The minimum Gasteiger partial charge on any atom is -0.466 e. The van der Waals surface area contributed by atoms with Crippen LogP contribution in [0.2, 0.25) is 5.02 Å². The van der Waals surface area contributed by atoms with Crippen molar-refractivity contribution in [3.8, 4) is 0 Å². The van der Waals surface area contributed by atoms with Crippen molar-refractivity contribution in [1.82, 2.24) is 19.6 Å². The molecule has 3 rings (SSSR count). The highest BCUT2D eigenvalue weighted by Gasteiger charge is 2.16. The van der Waals surface area contributed by atoms with Gasteiger partial charge in [-0.3, -0.25) is 14.7 Å². The first-order valence-corrected chi connectivity index (χ1v) is 8.48. The molecule has 1 aromatic carbocycles. The van der Waals surface area contributed by atoms with E-state index in [2.05, 4.69) is 20.4 Å². The summed E-state index contributed by atoms with van der Waals surface area (Å²) < 4.78 is 6.12. The molecule has 0 aliphatic carbocycles. The van der Waals surface area contributed by atoms with Crippen LogP contribution in [0.1, 0.15) is 23.7 Å². The maximum Gasteiger partial charge on any atom is 0.310 e. The number of hydrogen-bond acceptors (Lipinski definition) is 6. The summed E-state index contributed by atoms with van der Waals surface area (Å²) in [6.45, 7) is 4.15. The Kier molecular flexibility index (Phi) is 5.22. The van der Waals surface area contributed by atoms with Gasteiger partial charge in [0, 0.05) is 11.6 Å². The molecule has 0 unspecified atom stereocenters. The van der Waals surface area contributed by atoms with Crippen LogP contribution in [0, 0.1) is 6.92 Å². The molecule has 0 saturated carbocycles. The minimum atomic E-state index is -0.463. The van der Waals surface area contributed by atoms with Gasteiger partial charge in [0.05, 0.1) is 24.3 Å². The van der Waals surface area contributed by atoms with Gasteiger partial charge < -0.3 is 10.1 Å². The summed E-state index contributed by atoms with van der Waals surface area (Å²) in [5.41, 5.74) is 1.38. The molecule has 2 heterocycles. The molecular weight excluding hydrogens is 358 g/mol. The highest BCUT2D eigenvalue weighted by atomic mass is 35.5. The number of hydrogen-bond donors (Lipinski definition) is 2. The number of carbonyl (C=O) groups is 1. The van der Waals surface area contributed by atoms with E-state index in [-0.39, 0.29) is 29.9 Å². The molecule has 8 nitrogen and oxygen atoms in total. The van der Waals surface area contributed by atoms with Crippen LogP contribution in [-0.2, 0) is 22.5 Å². The van der Waals surface area contributed by atoms with Crippen LogP contribution in [0.3, 0.4) is 0 Å². The van der Waals surface area contributed by atoms with Crippen molar-refractivity contribution in [2.75, 3.05) is 11.9 Å². The summed E-state index contributed by atoms with van der Waals surface area (Å²) in [6.07, 6.45) is -0.124. The molecule has 2 aromatic heterocycles. The van der Waals surface area contributed by atoms with Crippen molar-refractivity contribution in [1.29, 1.82) is 0 Å². The Balaban J connectivity index is 1.83. The lowest BCUT2D eigenvalue weighted by atomic mass is 10.2. The van der Waals surface area contributed by atoms with Crippen molar-refractivity contribution in [2.45, 2.75) is 26.8 Å². The highest BCUT2D eigenvalue weighted by molar-refractivity contribution is 6.30.